The number of hydrogen-bond acceptors (Lipinski definition) is 4. The zero-order valence-electron chi connectivity index (χ0n) is 17.0. The highest BCUT2D eigenvalue weighted by Gasteiger charge is 2.25. The Morgan fingerprint density at radius 2 is 1.53 bits per heavy atom. The summed E-state index contributed by atoms with van der Waals surface area (Å²) >= 11 is 0. The standard InChI is InChI=1S/C23H27FN4O2/c24-20-5-7-21(8-6-20)25-22(29)16-26-11-13-28(14-12-26)23(30)17-27-10-9-18-3-1-2-4-19(18)15-27/h1-8H,9-17H2,(H,25,29). The molecule has 0 radical (unpaired) electrons. The number of nitrogens with one attached hydrogen (secondary N) is 1. The average Bonchev–Trinajstić information content (AvgIpc) is 2.76. The Morgan fingerprint density at radius 1 is 0.833 bits per heavy atom. The second-order valence-electron chi connectivity index (χ2n) is 7.94. The summed E-state index contributed by atoms with van der Waals surface area (Å²) < 4.78 is 13.0. The lowest BCUT2D eigenvalue weighted by atomic mass is 10.00. The highest BCUT2D eigenvalue weighted by molar-refractivity contribution is 5.92. The number of carbonyl (C=O) groups excluding carboxylic acids is 2. The van der Waals surface area contributed by atoms with Gasteiger partial charge in [0.05, 0.1) is 13.1 Å². The third kappa shape index (κ3) is 5.23. The van der Waals surface area contributed by atoms with Crippen LogP contribution in [0.25, 0.3) is 0 Å². The fourth-order valence-electron chi connectivity index (χ4n) is 4.07. The molecule has 0 bridgehead atoms. The number of halogens is 1. The number of fused-ring (bicyclic) bond motifs is 1. The van der Waals surface area contributed by atoms with E-state index in [4.69, 9.17) is 0 Å². The van der Waals surface area contributed by atoms with Crippen LogP contribution >= 0.6 is 0 Å². The van der Waals surface area contributed by atoms with Gasteiger partial charge < -0.3 is 10.2 Å². The summed E-state index contributed by atoms with van der Waals surface area (Å²) in [6.07, 6.45) is 0.987. The van der Waals surface area contributed by atoms with Gasteiger partial charge in [0.1, 0.15) is 5.82 Å². The molecule has 0 aromatic heterocycles. The fraction of sp³-hybridized carbons (Fsp3) is 0.391. The average molecular weight is 410 g/mol. The maximum atomic E-state index is 13.0. The van der Waals surface area contributed by atoms with Gasteiger partial charge in [-0.15, -0.1) is 0 Å². The molecule has 2 aliphatic heterocycles. The van der Waals surface area contributed by atoms with Crippen LogP contribution in [0, 0.1) is 5.82 Å². The summed E-state index contributed by atoms with van der Waals surface area (Å²) in [7, 11) is 0. The van der Waals surface area contributed by atoms with Crippen molar-refractivity contribution in [2.75, 3.05) is 51.1 Å². The normalized spacial score (nSPS) is 17.4. The molecule has 2 amide bonds. The minimum absolute atomic E-state index is 0.131. The Labute approximate surface area is 176 Å². The molecule has 6 nitrogen and oxygen atoms in total. The van der Waals surface area contributed by atoms with E-state index in [0.29, 0.717) is 38.4 Å². The molecule has 30 heavy (non-hydrogen) atoms. The summed E-state index contributed by atoms with van der Waals surface area (Å²) in [5.74, 6) is -0.305. The van der Waals surface area contributed by atoms with Crippen molar-refractivity contribution in [1.82, 2.24) is 14.7 Å². The topological polar surface area (TPSA) is 55.9 Å². The van der Waals surface area contributed by atoms with Gasteiger partial charge in [-0.2, -0.15) is 0 Å². The SMILES string of the molecule is O=C(CN1CCN(C(=O)CN2CCc3ccccc3C2)CC1)Nc1ccc(F)cc1. The first kappa shape index (κ1) is 20.5. The summed E-state index contributed by atoms with van der Waals surface area (Å²) in [5, 5.41) is 2.78. The molecule has 2 aromatic rings. The first-order valence-electron chi connectivity index (χ1n) is 10.4. The van der Waals surface area contributed by atoms with Gasteiger partial charge in [0.15, 0.2) is 0 Å². The Morgan fingerprint density at radius 3 is 2.27 bits per heavy atom. The molecule has 0 aliphatic carbocycles. The van der Waals surface area contributed by atoms with Crippen molar-refractivity contribution in [3.05, 3.63) is 65.5 Å². The van der Waals surface area contributed by atoms with E-state index >= 15 is 0 Å². The molecule has 2 aliphatic rings. The molecule has 158 valence electrons. The smallest absolute Gasteiger partial charge is 0.238 e. The van der Waals surface area contributed by atoms with Crippen molar-refractivity contribution in [3.63, 3.8) is 0 Å². The third-order valence-electron chi connectivity index (χ3n) is 5.79. The first-order valence-corrected chi connectivity index (χ1v) is 10.4. The van der Waals surface area contributed by atoms with Crippen LogP contribution in [0.2, 0.25) is 0 Å². The largest absolute Gasteiger partial charge is 0.339 e. The Hall–Kier alpha value is -2.77. The predicted molar refractivity (Wildman–Crippen MR) is 113 cm³/mol. The number of piperazine rings is 1. The molecule has 4 rings (SSSR count). The second kappa shape index (κ2) is 9.36. The molecule has 2 aromatic carbocycles. The maximum absolute atomic E-state index is 13.0. The van der Waals surface area contributed by atoms with Crippen LogP contribution < -0.4 is 5.32 Å². The Kier molecular flexibility index (Phi) is 6.40. The lowest BCUT2D eigenvalue weighted by Crippen LogP contribution is -2.52. The summed E-state index contributed by atoms with van der Waals surface area (Å²) in [6, 6.07) is 14.2. The van der Waals surface area contributed by atoms with Gasteiger partial charge in [-0.1, -0.05) is 24.3 Å². The van der Waals surface area contributed by atoms with Crippen molar-refractivity contribution in [2.45, 2.75) is 13.0 Å². The molecule has 0 atom stereocenters. The number of amides is 2. The van der Waals surface area contributed by atoms with Crippen molar-refractivity contribution >= 4 is 17.5 Å². The van der Waals surface area contributed by atoms with Gasteiger partial charge in [-0.3, -0.25) is 19.4 Å². The molecule has 1 N–H and O–H groups in total. The van der Waals surface area contributed by atoms with E-state index in [1.54, 1.807) is 12.1 Å². The number of hydrogen-bond donors (Lipinski definition) is 1. The van der Waals surface area contributed by atoms with Crippen LogP contribution in [0.1, 0.15) is 11.1 Å². The van der Waals surface area contributed by atoms with E-state index in [9.17, 15) is 14.0 Å². The zero-order chi connectivity index (χ0) is 20.9. The van der Waals surface area contributed by atoms with Crippen molar-refractivity contribution in [3.8, 4) is 0 Å². The molecule has 2 heterocycles. The molecule has 7 heteroatoms. The molecule has 1 fully saturated rings. The number of nitrogens with zero attached hydrogens (tertiary/aromatic N) is 3. The van der Waals surface area contributed by atoms with E-state index in [0.717, 1.165) is 19.5 Å². The van der Waals surface area contributed by atoms with E-state index in [-0.39, 0.29) is 24.2 Å². The molecule has 0 saturated carbocycles. The monoisotopic (exact) mass is 410 g/mol. The number of benzene rings is 2. The van der Waals surface area contributed by atoms with E-state index in [1.807, 2.05) is 9.80 Å². The van der Waals surface area contributed by atoms with E-state index < -0.39 is 0 Å². The van der Waals surface area contributed by atoms with Crippen LogP contribution in [0.5, 0.6) is 0 Å². The van der Waals surface area contributed by atoms with Crippen LogP contribution in [0.3, 0.4) is 0 Å². The van der Waals surface area contributed by atoms with E-state index in [1.165, 1.54) is 23.3 Å². The minimum Gasteiger partial charge on any atom is -0.339 e. The van der Waals surface area contributed by atoms with Crippen molar-refractivity contribution in [1.29, 1.82) is 0 Å². The Balaban J connectivity index is 1.20. The summed E-state index contributed by atoms with van der Waals surface area (Å²) in [5.41, 5.74) is 3.28. The highest BCUT2D eigenvalue weighted by Crippen LogP contribution is 2.18. The first-order chi connectivity index (χ1) is 14.6. The van der Waals surface area contributed by atoms with Crippen molar-refractivity contribution in [2.24, 2.45) is 0 Å². The van der Waals surface area contributed by atoms with Gasteiger partial charge >= 0.3 is 0 Å². The zero-order valence-corrected chi connectivity index (χ0v) is 17.0. The predicted octanol–water partition coefficient (Wildman–Crippen LogP) is 1.97. The second-order valence-corrected chi connectivity index (χ2v) is 7.94. The van der Waals surface area contributed by atoms with Gasteiger partial charge in [0.25, 0.3) is 0 Å². The molecular formula is C23H27FN4O2. The van der Waals surface area contributed by atoms with Gasteiger partial charge in [-0.05, 0) is 41.8 Å². The minimum atomic E-state index is -0.331. The summed E-state index contributed by atoms with van der Waals surface area (Å²) in [6.45, 7) is 5.05. The van der Waals surface area contributed by atoms with Gasteiger partial charge in [0, 0.05) is 45.0 Å². The van der Waals surface area contributed by atoms with Crippen LogP contribution in [-0.2, 0) is 22.6 Å². The Bertz CT molecular complexity index is 894. The number of anilines is 1. The quantitative estimate of drug-likeness (QED) is 0.819. The lowest BCUT2D eigenvalue weighted by Gasteiger charge is -2.36. The van der Waals surface area contributed by atoms with Crippen molar-refractivity contribution < 1.29 is 14.0 Å². The maximum Gasteiger partial charge on any atom is 0.238 e. The lowest BCUT2D eigenvalue weighted by molar-refractivity contribution is -0.134. The number of carbonyl (C=O) groups is 2. The molecule has 0 unspecified atom stereocenters. The summed E-state index contributed by atoms with van der Waals surface area (Å²) in [4.78, 5) is 31.1. The van der Waals surface area contributed by atoms with Gasteiger partial charge in [0.2, 0.25) is 11.8 Å². The highest BCUT2D eigenvalue weighted by atomic mass is 19.1. The molecule has 0 spiro atoms. The molecule has 1 saturated heterocycles. The third-order valence-corrected chi connectivity index (χ3v) is 5.79. The van der Waals surface area contributed by atoms with E-state index in [2.05, 4.69) is 34.5 Å². The molecular weight excluding hydrogens is 383 g/mol. The fourth-order valence-corrected chi connectivity index (χ4v) is 4.07. The van der Waals surface area contributed by atoms with Crippen LogP contribution in [0.4, 0.5) is 10.1 Å². The van der Waals surface area contributed by atoms with Crippen LogP contribution in [0.15, 0.2) is 48.5 Å². The van der Waals surface area contributed by atoms with Crippen LogP contribution in [-0.4, -0.2) is 72.3 Å². The van der Waals surface area contributed by atoms with Gasteiger partial charge in [-0.25, -0.2) is 4.39 Å². The number of rotatable bonds is 5.